The topological polar surface area (TPSA) is 19.0 Å². The van der Waals surface area contributed by atoms with Gasteiger partial charge in [-0.2, -0.15) is 0 Å². The number of benzene rings is 2. The van der Waals surface area contributed by atoms with Crippen molar-refractivity contribution in [3.63, 3.8) is 0 Å². The Labute approximate surface area is 302 Å². The van der Waals surface area contributed by atoms with Crippen molar-refractivity contribution >= 4 is 5.70 Å². The SMILES string of the molecule is C#CC.CC.CC/C=C(/c1ccc(OCCCCC)cc1)N(CC(C)C)CN(Cc1ccccc1CN1CCCCC1)C1=CCCC=C1C. The maximum atomic E-state index is 6.06. The molecule has 2 aromatic carbocycles. The number of unbranched alkanes of at least 4 members (excludes halogenated alkanes) is 2. The summed E-state index contributed by atoms with van der Waals surface area (Å²) in [6.45, 7) is 24.2. The summed E-state index contributed by atoms with van der Waals surface area (Å²) < 4.78 is 6.06. The molecule has 4 nitrogen and oxygen atoms in total. The first-order valence-corrected chi connectivity index (χ1v) is 19.4. The fraction of sp³-hybridized carbons (Fsp3) is 0.556. The van der Waals surface area contributed by atoms with Crippen molar-refractivity contribution < 1.29 is 4.74 Å². The average molecular weight is 668 g/mol. The maximum Gasteiger partial charge on any atom is 0.119 e. The molecule has 4 heteroatoms. The van der Waals surface area contributed by atoms with Crippen molar-refractivity contribution in [2.75, 3.05) is 32.9 Å². The molecule has 2 aromatic rings. The van der Waals surface area contributed by atoms with Gasteiger partial charge in [0, 0.05) is 31.0 Å². The predicted octanol–water partition coefficient (Wildman–Crippen LogP) is 11.7. The van der Waals surface area contributed by atoms with Crippen LogP contribution in [-0.4, -0.2) is 47.6 Å². The lowest BCUT2D eigenvalue weighted by Gasteiger charge is -2.39. The Morgan fingerprint density at radius 2 is 1.59 bits per heavy atom. The number of rotatable bonds is 17. The molecule has 0 amide bonds. The third-order valence-electron chi connectivity index (χ3n) is 8.85. The zero-order valence-electron chi connectivity index (χ0n) is 32.6. The fourth-order valence-corrected chi connectivity index (χ4v) is 6.57. The molecular formula is C45H69N3O. The second-order valence-corrected chi connectivity index (χ2v) is 13.5. The molecule has 4 rings (SSSR count). The Morgan fingerprint density at radius 3 is 2.20 bits per heavy atom. The Kier molecular flexibility index (Phi) is 21.0. The second kappa shape index (κ2) is 24.7. The van der Waals surface area contributed by atoms with Crippen LogP contribution in [-0.2, 0) is 13.1 Å². The molecule has 0 atom stereocenters. The Morgan fingerprint density at radius 1 is 0.939 bits per heavy atom. The van der Waals surface area contributed by atoms with E-state index in [2.05, 4.69) is 128 Å². The average Bonchev–Trinajstić information content (AvgIpc) is 3.11. The molecule has 0 radical (unpaired) electrons. The van der Waals surface area contributed by atoms with E-state index in [0.29, 0.717) is 5.92 Å². The molecule has 1 aliphatic heterocycles. The monoisotopic (exact) mass is 668 g/mol. The molecule has 1 heterocycles. The molecule has 1 saturated heterocycles. The van der Waals surface area contributed by atoms with Crippen LogP contribution in [0.3, 0.4) is 0 Å². The van der Waals surface area contributed by atoms with Crippen LogP contribution in [0.25, 0.3) is 5.70 Å². The van der Waals surface area contributed by atoms with Crippen molar-refractivity contribution in [3.8, 4) is 18.1 Å². The maximum absolute atomic E-state index is 6.06. The zero-order chi connectivity index (χ0) is 35.9. The summed E-state index contributed by atoms with van der Waals surface area (Å²) in [6, 6.07) is 18.0. The third-order valence-corrected chi connectivity index (χ3v) is 8.85. The normalized spacial score (nSPS) is 14.7. The molecule has 270 valence electrons. The highest BCUT2D eigenvalue weighted by atomic mass is 16.5. The van der Waals surface area contributed by atoms with Gasteiger partial charge in [0.1, 0.15) is 5.75 Å². The number of terminal acetylenes is 1. The number of hydrogen-bond acceptors (Lipinski definition) is 4. The molecule has 0 unspecified atom stereocenters. The van der Waals surface area contributed by atoms with Crippen molar-refractivity contribution in [2.24, 2.45) is 5.92 Å². The molecule has 1 aliphatic carbocycles. The van der Waals surface area contributed by atoms with Crippen LogP contribution >= 0.6 is 0 Å². The minimum atomic E-state index is 0.543. The van der Waals surface area contributed by atoms with Crippen LogP contribution in [0.2, 0.25) is 0 Å². The van der Waals surface area contributed by atoms with Gasteiger partial charge in [0.2, 0.25) is 0 Å². The van der Waals surface area contributed by atoms with E-state index in [-0.39, 0.29) is 0 Å². The number of hydrogen-bond donors (Lipinski definition) is 0. The first-order chi connectivity index (χ1) is 23.9. The van der Waals surface area contributed by atoms with Crippen LogP contribution in [0.4, 0.5) is 0 Å². The molecule has 0 spiro atoms. The largest absolute Gasteiger partial charge is 0.494 e. The lowest BCUT2D eigenvalue weighted by atomic mass is 10.0. The molecular weight excluding hydrogens is 599 g/mol. The van der Waals surface area contributed by atoms with Gasteiger partial charge in [0.05, 0.1) is 13.3 Å². The highest BCUT2D eigenvalue weighted by Gasteiger charge is 2.22. The van der Waals surface area contributed by atoms with E-state index >= 15 is 0 Å². The first-order valence-electron chi connectivity index (χ1n) is 19.4. The van der Waals surface area contributed by atoms with E-state index in [4.69, 9.17) is 4.74 Å². The summed E-state index contributed by atoms with van der Waals surface area (Å²) in [4.78, 5) is 7.93. The summed E-state index contributed by atoms with van der Waals surface area (Å²) >= 11 is 0. The molecule has 0 bridgehead atoms. The summed E-state index contributed by atoms with van der Waals surface area (Å²) in [5.41, 5.74) is 8.32. The summed E-state index contributed by atoms with van der Waals surface area (Å²) in [7, 11) is 0. The molecule has 1 fully saturated rings. The Bertz CT molecular complexity index is 1310. The van der Waals surface area contributed by atoms with E-state index < -0.39 is 0 Å². The Hall–Kier alpha value is -3.42. The number of nitrogens with zero attached hydrogens (tertiary/aromatic N) is 3. The van der Waals surface area contributed by atoms with Crippen LogP contribution in [0.15, 0.2) is 78.0 Å². The van der Waals surface area contributed by atoms with Gasteiger partial charge in [-0.15, -0.1) is 12.3 Å². The summed E-state index contributed by atoms with van der Waals surface area (Å²) in [6.07, 6.45) is 22.7. The van der Waals surface area contributed by atoms with Crippen molar-refractivity contribution in [1.82, 2.24) is 14.7 Å². The fourth-order valence-electron chi connectivity index (χ4n) is 6.57. The van der Waals surface area contributed by atoms with Gasteiger partial charge in [0.15, 0.2) is 0 Å². The number of likely N-dealkylation sites (tertiary alicyclic amines) is 1. The van der Waals surface area contributed by atoms with Crippen LogP contribution in [0.5, 0.6) is 5.75 Å². The number of allylic oxidation sites excluding steroid dienone is 4. The van der Waals surface area contributed by atoms with Crippen molar-refractivity contribution in [3.05, 3.63) is 94.7 Å². The van der Waals surface area contributed by atoms with Crippen molar-refractivity contribution in [1.29, 1.82) is 0 Å². The lowest BCUT2D eigenvalue weighted by Crippen LogP contribution is -2.39. The lowest BCUT2D eigenvalue weighted by molar-refractivity contribution is 0.198. The summed E-state index contributed by atoms with van der Waals surface area (Å²) in [5, 5.41) is 0. The van der Waals surface area contributed by atoms with E-state index in [0.717, 1.165) is 64.3 Å². The molecule has 0 N–H and O–H groups in total. The standard InChI is InChI=1S/C40H59N3O.C3H4.C2H6/c1-6-8-16-28-44-38-24-22-35(23-25-38)40(17-7-2)42(29-33(3)4)32-43(39-21-13-10-18-34(39)5)31-37-20-12-11-19-36(37)30-41-26-14-9-15-27-41;1-3-2;1-2/h11-12,17-25,33H,6-10,13-16,26-32H2,1-5H3;1H,2H3;1-2H3/b40-17-;;. The van der Waals surface area contributed by atoms with E-state index in [9.17, 15) is 0 Å². The van der Waals surface area contributed by atoms with Gasteiger partial charge in [-0.1, -0.05) is 103 Å². The van der Waals surface area contributed by atoms with E-state index in [1.54, 1.807) is 6.92 Å². The van der Waals surface area contributed by atoms with Gasteiger partial charge in [-0.25, -0.2) is 0 Å². The van der Waals surface area contributed by atoms with Gasteiger partial charge in [-0.3, -0.25) is 4.90 Å². The van der Waals surface area contributed by atoms with Gasteiger partial charge in [0.25, 0.3) is 0 Å². The van der Waals surface area contributed by atoms with Gasteiger partial charge < -0.3 is 14.5 Å². The minimum absolute atomic E-state index is 0.543. The third kappa shape index (κ3) is 14.9. The second-order valence-electron chi connectivity index (χ2n) is 13.5. The van der Waals surface area contributed by atoms with Crippen LogP contribution < -0.4 is 4.74 Å². The first kappa shape index (κ1) is 41.7. The molecule has 0 aromatic heterocycles. The summed E-state index contributed by atoms with van der Waals surface area (Å²) in [5.74, 6) is 3.76. The highest BCUT2D eigenvalue weighted by Crippen LogP contribution is 2.30. The van der Waals surface area contributed by atoms with E-state index in [1.807, 2.05) is 13.8 Å². The quantitative estimate of drug-likeness (QED) is 0.0949. The van der Waals surface area contributed by atoms with Gasteiger partial charge >= 0.3 is 0 Å². The van der Waals surface area contributed by atoms with Crippen LogP contribution in [0, 0.1) is 18.3 Å². The highest BCUT2D eigenvalue weighted by molar-refractivity contribution is 5.64. The minimum Gasteiger partial charge on any atom is -0.494 e. The molecule has 2 aliphatic rings. The molecule has 0 saturated carbocycles. The number of piperidine rings is 1. The van der Waals surface area contributed by atoms with E-state index in [1.165, 1.54) is 78.9 Å². The number of ether oxygens (including phenoxy) is 1. The molecule has 49 heavy (non-hydrogen) atoms. The Balaban J connectivity index is 0.00000158. The van der Waals surface area contributed by atoms with Gasteiger partial charge in [-0.05, 0) is 118 Å². The predicted molar refractivity (Wildman–Crippen MR) is 214 cm³/mol. The zero-order valence-corrected chi connectivity index (χ0v) is 32.6. The van der Waals surface area contributed by atoms with Crippen LogP contribution in [0.1, 0.15) is 130 Å². The smallest absolute Gasteiger partial charge is 0.119 e. The van der Waals surface area contributed by atoms with Crippen molar-refractivity contribution in [2.45, 2.75) is 126 Å².